The van der Waals surface area contributed by atoms with Gasteiger partial charge in [0.05, 0.1) is 24.2 Å². The molecular formula is C115H130O12P8Si4. The number of carbonyl (C=O) groups excluding carboxylic acids is 2. The number of hydrogen-bond donors (Lipinski definition) is 2. The smallest absolute Gasteiger partial charge is 0.230 e. The molecule has 6 unspecified atom stereocenters. The van der Waals surface area contributed by atoms with Crippen molar-refractivity contribution < 1.29 is 56.3 Å². The molecule has 12 nitrogen and oxygen atoms in total. The van der Waals surface area contributed by atoms with E-state index in [4.69, 9.17) is 0 Å². The summed E-state index contributed by atoms with van der Waals surface area (Å²) in [6, 6.07) is 133. The van der Waals surface area contributed by atoms with Gasteiger partial charge in [-0.05, 0) is 39.6 Å². The molecule has 15 aromatic rings. The fourth-order valence-electron chi connectivity index (χ4n) is 17.6. The van der Waals surface area contributed by atoms with Gasteiger partial charge in [0.1, 0.15) is 40.3 Å². The Morgan fingerprint density at radius 2 is 0.403 bits per heavy atom. The van der Waals surface area contributed by atoms with Crippen molar-refractivity contribution in [3.63, 3.8) is 0 Å². The van der Waals surface area contributed by atoms with E-state index in [1.165, 1.54) is 24.3 Å². The summed E-state index contributed by atoms with van der Waals surface area (Å²) in [7, 11) is -30.4. The second-order valence-corrected chi connectivity index (χ2v) is 87.4. The van der Waals surface area contributed by atoms with Crippen LogP contribution in [0.15, 0.2) is 437 Å². The van der Waals surface area contributed by atoms with Gasteiger partial charge >= 0.3 is 0 Å². The number of benzene rings is 15. The van der Waals surface area contributed by atoms with E-state index in [1.807, 2.05) is 218 Å². The van der Waals surface area contributed by atoms with E-state index in [2.05, 4.69) is 103 Å². The molecule has 0 saturated heterocycles. The van der Waals surface area contributed by atoms with Crippen LogP contribution in [0.5, 0.6) is 0 Å². The van der Waals surface area contributed by atoms with Crippen molar-refractivity contribution >= 4 is 164 Å². The molecule has 0 radical (unpaired) electrons. The molecule has 718 valence electrons. The van der Waals surface area contributed by atoms with Crippen LogP contribution in [0.1, 0.15) is 54.7 Å². The maximum atomic E-state index is 14.5. The van der Waals surface area contributed by atoms with Crippen molar-refractivity contribution in [1.82, 2.24) is 0 Å². The van der Waals surface area contributed by atoms with E-state index < -0.39 is 112 Å². The van der Waals surface area contributed by atoms with Gasteiger partial charge in [-0.25, -0.2) is 0 Å². The molecule has 0 aliphatic heterocycles. The molecule has 0 saturated carbocycles. The molecule has 15 aromatic carbocycles. The zero-order valence-corrected chi connectivity index (χ0v) is 92.8. The summed E-state index contributed by atoms with van der Waals surface area (Å²) in [6.45, 7) is 27.6. The first-order valence-electron chi connectivity index (χ1n) is 47.2. The highest BCUT2D eigenvalue weighted by atomic mass is 31.2. The first-order valence-corrected chi connectivity index (χ1v) is 77.3. The minimum atomic E-state index is -3.68. The van der Waals surface area contributed by atoms with Crippen LogP contribution in [-0.4, -0.2) is 89.4 Å². The molecule has 0 bridgehead atoms. The quantitative estimate of drug-likeness (QED) is 0.0277. The predicted molar refractivity (Wildman–Crippen MR) is 606 cm³/mol. The molecular weight excluding hydrogens is 1930 g/mol. The summed E-state index contributed by atoms with van der Waals surface area (Å²) >= 11 is 0. The lowest BCUT2D eigenvalue weighted by Crippen LogP contribution is -2.31. The number of carbonyl (C=O) groups is 2. The number of hydrogen-bond acceptors (Lipinski definition) is 12. The van der Waals surface area contributed by atoms with Crippen molar-refractivity contribution in [2.75, 3.05) is 35.8 Å². The van der Waals surface area contributed by atoms with Crippen LogP contribution in [0.2, 0.25) is 84.6 Å². The summed E-state index contributed by atoms with van der Waals surface area (Å²) in [6.07, 6.45) is 3.03. The SMILES string of the molecule is C[Si](C)(C)CCP(=O)(CCP(=O)(C[Si](C)(C)C)c1ccccc1)c1ccccc1.C[Si](C)(C)CP(=O)(Cc1ccc(CP(=O)(C[Si](C)(C)C)c2ccccc2)cc1)c1ccccc1.O=C(c1ccc(C(=O)P(=O)(c2ccccc2)c2ccccc2)cc1)P(=O)(c1ccccc1)c1ccccc1.O=P(c1ccccc1)(c1ccccc1)C(O)c1ccc(C(O)P(=O)(c2ccccc2)c2ccccc2)cc1. The fourth-order valence-corrected chi connectivity index (χ4v) is 62.5. The van der Waals surface area contributed by atoms with Gasteiger partial charge in [-0.3, -0.25) is 9.59 Å². The summed E-state index contributed by atoms with van der Waals surface area (Å²) in [4.78, 5) is 27.6. The molecule has 0 aromatic heterocycles. The zero-order chi connectivity index (χ0) is 100.0. The Hall–Kier alpha value is -9.73. The minimum absolute atomic E-state index is 0.215. The highest BCUT2D eigenvalue weighted by Gasteiger charge is 2.44. The Morgan fingerprint density at radius 1 is 0.216 bits per heavy atom. The van der Waals surface area contributed by atoms with Gasteiger partial charge in [0.25, 0.3) is 0 Å². The normalized spacial score (nSPS) is 14.3. The molecule has 15 rings (SSSR count). The maximum Gasteiger partial charge on any atom is 0.230 e. The fraction of sp³-hybridized carbons (Fsp3) is 0.200. The summed E-state index contributed by atoms with van der Waals surface area (Å²) in [5, 5.41) is 30.9. The highest BCUT2D eigenvalue weighted by Crippen LogP contribution is 2.60. The van der Waals surface area contributed by atoms with Crippen LogP contribution in [0, 0.1) is 0 Å². The Labute approximate surface area is 828 Å². The van der Waals surface area contributed by atoms with Gasteiger partial charge in [-0.1, -0.05) is 521 Å². The Balaban J connectivity index is 0.000000167. The first kappa shape index (κ1) is 108. The first-order chi connectivity index (χ1) is 66.0. The third-order valence-electron chi connectivity index (χ3n) is 24.3. The monoisotopic (exact) mass is 2060 g/mol. The van der Waals surface area contributed by atoms with E-state index in [0.717, 1.165) is 61.9 Å². The van der Waals surface area contributed by atoms with Gasteiger partial charge in [0, 0.05) is 114 Å². The van der Waals surface area contributed by atoms with Crippen LogP contribution < -0.4 is 63.7 Å². The molecule has 2 N–H and O–H groups in total. The van der Waals surface area contributed by atoms with Crippen molar-refractivity contribution in [2.45, 2.75) is 109 Å². The summed E-state index contributed by atoms with van der Waals surface area (Å²) < 4.78 is 115. The predicted octanol–water partition coefficient (Wildman–Crippen LogP) is 26.1. The van der Waals surface area contributed by atoms with Crippen LogP contribution in [-0.2, 0) is 48.8 Å². The van der Waals surface area contributed by atoms with Gasteiger partial charge < -0.3 is 46.7 Å². The van der Waals surface area contributed by atoms with Gasteiger partial charge in [-0.2, -0.15) is 0 Å². The van der Waals surface area contributed by atoms with Crippen LogP contribution in [0.3, 0.4) is 0 Å². The molecule has 0 fully saturated rings. The van der Waals surface area contributed by atoms with Crippen molar-refractivity contribution in [3.05, 3.63) is 470 Å². The lowest BCUT2D eigenvalue weighted by Gasteiger charge is -2.29. The zero-order valence-electron chi connectivity index (χ0n) is 81.6. The van der Waals surface area contributed by atoms with E-state index >= 15 is 0 Å². The number of rotatable bonds is 36. The molecule has 6 atom stereocenters. The van der Waals surface area contributed by atoms with E-state index in [-0.39, 0.29) is 11.1 Å². The minimum Gasteiger partial charge on any atom is -0.380 e. The summed E-state index contributed by atoms with van der Waals surface area (Å²) in [5.41, 5.74) is 2.49. The van der Waals surface area contributed by atoms with Crippen molar-refractivity contribution in [3.8, 4) is 0 Å². The average molecular weight is 2060 g/mol. The lowest BCUT2D eigenvalue weighted by molar-refractivity contribution is 0.106. The maximum absolute atomic E-state index is 14.5. The van der Waals surface area contributed by atoms with Crippen LogP contribution in [0.4, 0.5) is 0 Å². The number of aliphatic hydroxyl groups is 2. The molecule has 0 heterocycles. The third kappa shape index (κ3) is 28.0. The van der Waals surface area contributed by atoms with Crippen LogP contribution >= 0.6 is 57.1 Å². The molecule has 0 aliphatic carbocycles. The molecule has 0 amide bonds. The third-order valence-corrected chi connectivity index (χ3v) is 65.8. The Bertz CT molecular complexity index is 6420. The van der Waals surface area contributed by atoms with E-state index in [0.29, 0.717) is 78.2 Å². The Kier molecular flexibility index (Phi) is 36.9. The van der Waals surface area contributed by atoms with E-state index in [9.17, 15) is 56.3 Å². The molecule has 24 heteroatoms. The van der Waals surface area contributed by atoms with Crippen molar-refractivity contribution in [2.24, 2.45) is 0 Å². The molecule has 0 aliphatic rings. The second kappa shape index (κ2) is 47.4. The average Bonchev–Trinajstić information content (AvgIpc) is 0.765. The summed E-state index contributed by atoms with van der Waals surface area (Å²) in [5.74, 6) is -0.189. The topological polar surface area (TPSA) is 211 Å². The second-order valence-electron chi connectivity index (χ2n) is 40.5. The van der Waals surface area contributed by atoms with Gasteiger partial charge in [0.2, 0.25) is 25.3 Å². The molecule has 139 heavy (non-hydrogen) atoms. The lowest BCUT2D eigenvalue weighted by atomic mass is 10.1. The number of aliphatic hydroxyl groups excluding tert-OH is 2. The van der Waals surface area contributed by atoms with Gasteiger partial charge in [0.15, 0.2) is 14.3 Å². The molecule has 0 spiro atoms. The standard InChI is InChI=1S/C32H28O4P2.C32H24O4P2.C28H40O2P2Si2.C23H38O2P2Si2/c2*33-31(37(35,27-13-5-1-6-14-27)28-15-7-2-8-16-28)25-21-23-26(24-22-25)32(34)38(36,29-17-9-3-10-18-29)30-19-11-4-12-20-30;1-33(2,3)23-31(29,27-13-9-7-10-14-27)21-25-17-19-26(20-18-25)22-32(30,24-34(4,5)6)28-15-11-8-12-16-28;1-28(2,3)20-19-26(24,22-13-9-7-10-14-22)17-18-27(25,21-29(4,5)6)23-15-11-8-12-16-23/h1-24,31-34H;1-24H;7-20H,21-24H2,1-6H3;7-16H,17-21H2,1-6H3. The highest BCUT2D eigenvalue weighted by molar-refractivity contribution is 7.94. The van der Waals surface area contributed by atoms with Gasteiger partial charge in [-0.15, -0.1) is 0 Å². The van der Waals surface area contributed by atoms with Crippen LogP contribution in [0.25, 0.3) is 0 Å². The van der Waals surface area contributed by atoms with Crippen molar-refractivity contribution in [1.29, 1.82) is 0 Å². The Morgan fingerprint density at radius 3 is 0.619 bits per heavy atom. The van der Waals surface area contributed by atoms with E-state index in [1.54, 1.807) is 170 Å². The largest absolute Gasteiger partial charge is 0.380 e.